The summed E-state index contributed by atoms with van der Waals surface area (Å²) >= 11 is 0. The molecule has 1 unspecified atom stereocenters. The third-order valence-electron chi connectivity index (χ3n) is 3.93. The Morgan fingerprint density at radius 2 is 2.21 bits per heavy atom. The summed E-state index contributed by atoms with van der Waals surface area (Å²) in [6.07, 6.45) is 3.21. The first-order valence-corrected chi connectivity index (χ1v) is 6.71. The summed E-state index contributed by atoms with van der Waals surface area (Å²) in [5.41, 5.74) is 8.32. The number of nitrogens with zero attached hydrogens (tertiary/aromatic N) is 2. The van der Waals surface area contributed by atoms with Gasteiger partial charge in [-0.1, -0.05) is 12.1 Å². The minimum absolute atomic E-state index is 0.212. The summed E-state index contributed by atoms with van der Waals surface area (Å²) in [6, 6.07) is 5.55. The molecule has 1 aliphatic heterocycles. The number of benzene rings is 1. The summed E-state index contributed by atoms with van der Waals surface area (Å²) in [7, 11) is 0. The Morgan fingerprint density at radius 1 is 1.42 bits per heavy atom. The van der Waals surface area contributed by atoms with Crippen molar-refractivity contribution >= 4 is 5.82 Å². The molecule has 3 nitrogen and oxygen atoms in total. The lowest BCUT2D eigenvalue weighted by Crippen LogP contribution is -2.16. The van der Waals surface area contributed by atoms with Crippen LogP contribution in [0, 0.1) is 12.7 Å². The number of anilines is 1. The molecule has 0 amide bonds. The number of imidazole rings is 1. The van der Waals surface area contributed by atoms with E-state index in [4.69, 9.17) is 5.73 Å². The maximum absolute atomic E-state index is 13.7. The lowest BCUT2D eigenvalue weighted by molar-refractivity contribution is 0.430. The number of rotatable bonds is 1. The topological polar surface area (TPSA) is 43.8 Å². The van der Waals surface area contributed by atoms with Crippen molar-refractivity contribution in [2.24, 2.45) is 0 Å². The second-order valence-electron chi connectivity index (χ2n) is 5.34. The van der Waals surface area contributed by atoms with Gasteiger partial charge in [0.2, 0.25) is 0 Å². The highest BCUT2D eigenvalue weighted by atomic mass is 19.1. The van der Waals surface area contributed by atoms with Crippen LogP contribution < -0.4 is 5.73 Å². The van der Waals surface area contributed by atoms with Crippen LogP contribution in [0.2, 0.25) is 0 Å². The van der Waals surface area contributed by atoms with E-state index >= 15 is 0 Å². The Morgan fingerprint density at radius 3 is 2.89 bits per heavy atom. The predicted molar refractivity (Wildman–Crippen MR) is 74.4 cm³/mol. The molecule has 1 aliphatic rings. The zero-order valence-electron chi connectivity index (χ0n) is 11.3. The Bertz CT molecular complexity index is 631. The molecule has 19 heavy (non-hydrogen) atoms. The van der Waals surface area contributed by atoms with Gasteiger partial charge in [0, 0.05) is 18.0 Å². The summed E-state index contributed by atoms with van der Waals surface area (Å²) < 4.78 is 15.8. The van der Waals surface area contributed by atoms with Gasteiger partial charge in [0.05, 0.1) is 0 Å². The van der Waals surface area contributed by atoms with Crippen molar-refractivity contribution < 1.29 is 4.39 Å². The fourth-order valence-corrected chi connectivity index (χ4v) is 2.80. The molecule has 2 aromatic rings. The molecule has 0 radical (unpaired) electrons. The summed E-state index contributed by atoms with van der Waals surface area (Å²) in [4.78, 5) is 4.61. The molecule has 0 aliphatic carbocycles. The van der Waals surface area contributed by atoms with E-state index < -0.39 is 0 Å². The molecule has 0 fully saturated rings. The second-order valence-corrected chi connectivity index (χ2v) is 5.34. The van der Waals surface area contributed by atoms with E-state index in [1.807, 2.05) is 6.07 Å². The molecule has 1 aromatic carbocycles. The molecular formula is C15H18FN3. The van der Waals surface area contributed by atoms with E-state index in [2.05, 4.69) is 16.5 Å². The fourth-order valence-electron chi connectivity index (χ4n) is 2.80. The highest BCUT2D eigenvalue weighted by molar-refractivity contribution is 5.71. The first-order valence-electron chi connectivity index (χ1n) is 6.71. The molecular weight excluding hydrogens is 241 g/mol. The van der Waals surface area contributed by atoms with E-state index in [-0.39, 0.29) is 5.82 Å². The minimum atomic E-state index is -0.212. The van der Waals surface area contributed by atoms with Crippen LogP contribution in [-0.4, -0.2) is 9.55 Å². The van der Waals surface area contributed by atoms with Gasteiger partial charge >= 0.3 is 0 Å². The standard InChI is InChI=1S/C15H18FN3/c1-9-6-7-11(8-12(9)16)14-15(17)19-10(2)4-3-5-13(19)18-14/h6-8,10H,3-5,17H2,1-2H3. The summed E-state index contributed by atoms with van der Waals surface area (Å²) in [5, 5.41) is 0. The van der Waals surface area contributed by atoms with Gasteiger partial charge in [0.1, 0.15) is 23.2 Å². The van der Waals surface area contributed by atoms with Crippen LogP contribution in [-0.2, 0) is 6.42 Å². The number of nitrogen functional groups attached to an aromatic ring is 1. The van der Waals surface area contributed by atoms with Gasteiger partial charge in [-0.2, -0.15) is 0 Å². The van der Waals surface area contributed by atoms with Gasteiger partial charge in [-0.15, -0.1) is 0 Å². The third kappa shape index (κ3) is 1.91. The Balaban J connectivity index is 2.13. The van der Waals surface area contributed by atoms with Crippen molar-refractivity contribution in [1.82, 2.24) is 9.55 Å². The van der Waals surface area contributed by atoms with Crippen LogP contribution in [0.4, 0.5) is 10.2 Å². The molecule has 1 atom stereocenters. The largest absolute Gasteiger partial charge is 0.383 e. The average Bonchev–Trinajstić information content (AvgIpc) is 2.72. The molecule has 2 N–H and O–H groups in total. The first-order chi connectivity index (χ1) is 9.08. The Labute approximate surface area is 112 Å². The Hall–Kier alpha value is -1.84. The third-order valence-corrected chi connectivity index (χ3v) is 3.93. The van der Waals surface area contributed by atoms with Crippen LogP contribution >= 0.6 is 0 Å². The Kier molecular flexibility index (Phi) is 2.81. The highest BCUT2D eigenvalue weighted by Gasteiger charge is 2.23. The molecule has 3 rings (SSSR count). The van der Waals surface area contributed by atoms with E-state index in [1.54, 1.807) is 13.0 Å². The molecule has 100 valence electrons. The zero-order chi connectivity index (χ0) is 13.6. The summed E-state index contributed by atoms with van der Waals surface area (Å²) in [5.74, 6) is 1.47. The normalized spacial score (nSPS) is 18.4. The highest BCUT2D eigenvalue weighted by Crippen LogP contribution is 2.34. The lowest BCUT2D eigenvalue weighted by Gasteiger charge is -2.22. The van der Waals surface area contributed by atoms with Crippen molar-refractivity contribution in [3.05, 3.63) is 35.4 Å². The van der Waals surface area contributed by atoms with Crippen molar-refractivity contribution in [1.29, 1.82) is 0 Å². The SMILES string of the molecule is Cc1ccc(-c2nc3n(c2N)C(C)CCC3)cc1F. The van der Waals surface area contributed by atoms with Crippen LogP contribution in [0.3, 0.4) is 0 Å². The average molecular weight is 259 g/mol. The molecule has 0 bridgehead atoms. The van der Waals surface area contributed by atoms with E-state index in [1.165, 1.54) is 6.07 Å². The number of halogens is 1. The first kappa shape index (κ1) is 12.2. The quantitative estimate of drug-likeness (QED) is 0.852. The fraction of sp³-hybridized carbons (Fsp3) is 0.400. The molecule has 0 saturated heterocycles. The van der Waals surface area contributed by atoms with Crippen LogP contribution in [0.5, 0.6) is 0 Å². The lowest BCUT2D eigenvalue weighted by atomic mass is 10.1. The minimum Gasteiger partial charge on any atom is -0.383 e. The molecule has 0 spiro atoms. The van der Waals surface area contributed by atoms with Crippen molar-refractivity contribution in [3.8, 4) is 11.3 Å². The van der Waals surface area contributed by atoms with Gasteiger partial charge in [0.25, 0.3) is 0 Å². The number of hydrogen-bond acceptors (Lipinski definition) is 2. The van der Waals surface area contributed by atoms with Crippen molar-refractivity contribution in [2.75, 3.05) is 5.73 Å². The number of nitrogens with two attached hydrogens (primary N) is 1. The second kappa shape index (κ2) is 4.37. The molecule has 0 saturated carbocycles. The van der Waals surface area contributed by atoms with Crippen molar-refractivity contribution in [3.63, 3.8) is 0 Å². The van der Waals surface area contributed by atoms with Gasteiger partial charge in [-0.25, -0.2) is 9.37 Å². The zero-order valence-corrected chi connectivity index (χ0v) is 11.3. The van der Waals surface area contributed by atoms with E-state index in [0.29, 0.717) is 23.1 Å². The number of hydrogen-bond donors (Lipinski definition) is 1. The molecule has 2 heterocycles. The van der Waals surface area contributed by atoms with Crippen LogP contribution in [0.1, 0.15) is 37.2 Å². The van der Waals surface area contributed by atoms with Gasteiger partial charge in [-0.3, -0.25) is 0 Å². The van der Waals surface area contributed by atoms with Gasteiger partial charge in [-0.05, 0) is 38.3 Å². The number of fused-ring (bicyclic) bond motifs is 1. The smallest absolute Gasteiger partial charge is 0.131 e. The van der Waals surface area contributed by atoms with Gasteiger partial charge in [0.15, 0.2) is 0 Å². The summed E-state index contributed by atoms with van der Waals surface area (Å²) in [6.45, 7) is 3.91. The predicted octanol–water partition coefficient (Wildman–Crippen LogP) is 3.48. The van der Waals surface area contributed by atoms with E-state index in [9.17, 15) is 4.39 Å². The monoisotopic (exact) mass is 259 g/mol. The van der Waals surface area contributed by atoms with E-state index in [0.717, 1.165) is 30.7 Å². The van der Waals surface area contributed by atoms with Gasteiger partial charge < -0.3 is 10.3 Å². The van der Waals surface area contributed by atoms with Crippen LogP contribution in [0.15, 0.2) is 18.2 Å². The molecule has 4 heteroatoms. The van der Waals surface area contributed by atoms with Crippen molar-refractivity contribution in [2.45, 2.75) is 39.2 Å². The molecule has 1 aromatic heterocycles. The van der Waals surface area contributed by atoms with Crippen LogP contribution in [0.25, 0.3) is 11.3 Å². The maximum Gasteiger partial charge on any atom is 0.131 e. The number of aromatic nitrogens is 2. The maximum atomic E-state index is 13.7. The number of aryl methyl sites for hydroxylation is 2.